The molecule has 9 heteroatoms. The second kappa shape index (κ2) is 9.78. The van der Waals surface area contributed by atoms with E-state index in [1.165, 1.54) is 0 Å². The number of likely N-dealkylation sites (tertiary alicyclic amines) is 1. The van der Waals surface area contributed by atoms with Gasteiger partial charge in [0.25, 0.3) is 5.91 Å². The molecule has 8 nitrogen and oxygen atoms in total. The van der Waals surface area contributed by atoms with Gasteiger partial charge in [0.05, 0.1) is 16.5 Å². The first-order chi connectivity index (χ1) is 14.9. The Hall–Kier alpha value is -3.13. The molecule has 1 aliphatic heterocycles. The first kappa shape index (κ1) is 22.6. The fourth-order valence-corrected chi connectivity index (χ4v) is 3.79. The first-order valence-electron chi connectivity index (χ1n) is 10.3. The molecule has 0 radical (unpaired) electrons. The van der Waals surface area contributed by atoms with Crippen molar-refractivity contribution in [2.24, 2.45) is 5.92 Å². The number of carboxylic acids is 1. The Morgan fingerprint density at radius 2 is 1.90 bits per heavy atom. The smallest absolute Gasteiger partial charge is 0.306 e. The third-order valence-electron chi connectivity index (χ3n) is 5.21. The van der Waals surface area contributed by atoms with Crippen molar-refractivity contribution in [1.82, 2.24) is 19.3 Å². The highest BCUT2D eigenvalue weighted by Crippen LogP contribution is 2.27. The van der Waals surface area contributed by atoms with Gasteiger partial charge < -0.3 is 15.3 Å². The van der Waals surface area contributed by atoms with E-state index in [-0.39, 0.29) is 11.8 Å². The molecule has 3 aromatic rings. The number of rotatable bonds is 4. The van der Waals surface area contributed by atoms with Crippen molar-refractivity contribution in [2.45, 2.75) is 33.6 Å². The van der Waals surface area contributed by atoms with E-state index in [0.29, 0.717) is 53.7 Å². The maximum atomic E-state index is 12.8. The normalized spacial score (nSPS) is 14.1. The number of aromatic nitrogens is 3. The van der Waals surface area contributed by atoms with Crippen LogP contribution < -0.4 is 5.32 Å². The van der Waals surface area contributed by atoms with E-state index in [2.05, 4.69) is 15.3 Å². The van der Waals surface area contributed by atoms with Gasteiger partial charge in [-0.05, 0) is 38.0 Å². The number of hydrogen-bond acceptors (Lipinski definition) is 5. The van der Waals surface area contributed by atoms with Crippen LogP contribution in [0.15, 0.2) is 36.8 Å². The molecule has 1 aliphatic rings. The summed E-state index contributed by atoms with van der Waals surface area (Å²) in [5, 5.41) is 12.6. The lowest BCUT2D eigenvalue weighted by atomic mass is 9.96. The van der Waals surface area contributed by atoms with E-state index in [9.17, 15) is 9.59 Å². The molecule has 2 aromatic heterocycles. The number of amides is 1. The molecule has 0 bridgehead atoms. The highest BCUT2D eigenvalue weighted by Gasteiger charge is 2.28. The van der Waals surface area contributed by atoms with E-state index >= 15 is 0 Å². The number of hydrogen-bond donors (Lipinski definition) is 2. The van der Waals surface area contributed by atoms with Gasteiger partial charge >= 0.3 is 5.97 Å². The minimum Gasteiger partial charge on any atom is -0.481 e. The van der Waals surface area contributed by atoms with Crippen molar-refractivity contribution < 1.29 is 14.7 Å². The van der Waals surface area contributed by atoms with Crippen LogP contribution in [0.4, 0.5) is 11.5 Å². The number of carbonyl (C=O) groups is 2. The molecule has 0 unspecified atom stereocenters. The Morgan fingerprint density at radius 1 is 1.19 bits per heavy atom. The zero-order valence-corrected chi connectivity index (χ0v) is 18.6. The average Bonchev–Trinajstić information content (AvgIpc) is 3.17. The minimum atomic E-state index is -0.804. The third-order valence-corrected chi connectivity index (χ3v) is 5.52. The Morgan fingerprint density at radius 3 is 2.55 bits per heavy atom. The maximum Gasteiger partial charge on any atom is 0.306 e. The lowest BCUT2D eigenvalue weighted by molar-refractivity contribution is -0.143. The number of benzene rings is 1. The number of nitrogens with one attached hydrogen (secondary N) is 1. The number of nitrogens with zero attached hydrogens (tertiary/aromatic N) is 4. The van der Waals surface area contributed by atoms with E-state index in [4.69, 9.17) is 16.7 Å². The van der Waals surface area contributed by atoms with Crippen LogP contribution in [0.3, 0.4) is 0 Å². The fraction of sp³-hybridized carbons (Fsp3) is 0.364. The number of carbonyl (C=O) groups excluding carboxylic acids is 1. The van der Waals surface area contributed by atoms with Crippen molar-refractivity contribution in [2.75, 3.05) is 18.4 Å². The van der Waals surface area contributed by atoms with Gasteiger partial charge in [0.1, 0.15) is 0 Å². The molecule has 4 rings (SSSR count). The maximum absolute atomic E-state index is 12.8. The van der Waals surface area contributed by atoms with Crippen LogP contribution >= 0.6 is 11.6 Å². The molecule has 0 saturated carbocycles. The Labute approximate surface area is 185 Å². The van der Waals surface area contributed by atoms with Crippen molar-refractivity contribution in [3.8, 4) is 0 Å². The summed E-state index contributed by atoms with van der Waals surface area (Å²) in [5.74, 6) is -0.787. The first-order valence-corrected chi connectivity index (χ1v) is 10.7. The molecule has 1 amide bonds. The van der Waals surface area contributed by atoms with Gasteiger partial charge in [-0.1, -0.05) is 25.4 Å². The zero-order chi connectivity index (χ0) is 22.5. The third kappa shape index (κ3) is 4.80. The van der Waals surface area contributed by atoms with Crippen LogP contribution in [0, 0.1) is 12.8 Å². The van der Waals surface area contributed by atoms with Crippen molar-refractivity contribution in [3.05, 3.63) is 53.1 Å². The minimum absolute atomic E-state index is 0.186. The van der Waals surface area contributed by atoms with Gasteiger partial charge in [0, 0.05) is 43.1 Å². The molecule has 31 heavy (non-hydrogen) atoms. The number of aliphatic carboxylic acids is 1. The number of piperidine rings is 1. The van der Waals surface area contributed by atoms with Crippen LogP contribution in [0.1, 0.15) is 42.7 Å². The summed E-state index contributed by atoms with van der Waals surface area (Å²) >= 11 is 6.39. The molecule has 2 N–H and O–H groups in total. The highest BCUT2D eigenvalue weighted by atomic mass is 35.5. The summed E-state index contributed by atoms with van der Waals surface area (Å²) in [6, 6.07) is 5.12. The fourth-order valence-electron chi connectivity index (χ4n) is 3.53. The molecule has 0 spiro atoms. The number of halogens is 1. The van der Waals surface area contributed by atoms with Crippen LogP contribution in [-0.4, -0.2) is 49.3 Å². The molecule has 0 atom stereocenters. The lowest BCUT2D eigenvalue weighted by Crippen LogP contribution is -2.40. The summed E-state index contributed by atoms with van der Waals surface area (Å²) < 4.78 is 1.93. The monoisotopic (exact) mass is 443 g/mol. The number of fused-ring (bicyclic) bond motifs is 1. The molecule has 1 fully saturated rings. The quantitative estimate of drug-likeness (QED) is 0.620. The predicted molar refractivity (Wildman–Crippen MR) is 120 cm³/mol. The van der Waals surface area contributed by atoms with Gasteiger partial charge in [-0.3, -0.25) is 14.0 Å². The molecule has 1 aromatic carbocycles. The number of carboxylic acid groups (broad SMARTS) is 1. The van der Waals surface area contributed by atoms with Crippen molar-refractivity contribution >= 4 is 40.6 Å². The Balaban J connectivity index is 0.00000132. The summed E-state index contributed by atoms with van der Waals surface area (Å²) in [7, 11) is 0. The molecule has 164 valence electrons. The predicted octanol–water partition coefficient (Wildman–Crippen LogP) is 4.40. The Bertz CT molecular complexity index is 1090. The van der Waals surface area contributed by atoms with Gasteiger partial charge in [0.15, 0.2) is 11.5 Å². The van der Waals surface area contributed by atoms with Crippen molar-refractivity contribution in [1.29, 1.82) is 0 Å². The zero-order valence-electron chi connectivity index (χ0n) is 17.8. The van der Waals surface area contributed by atoms with Crippen LogP contribution in [-0.2, 0) is 4.79 Å². The Kier molecular flexibility index (Phi) is 7.12. The second-order valence-corrected chi connectivity index (χ2v) is 7.50. The van der Waals surface area contributed by atoms with Gasteiger partial charge in [-0.25, -0.2) is 9.97 Å². The topological polar surface area (TPSA) is 99.8 Å². The second-order valence-electron chi connectivity index (χ2n) is 7.09. The standard InChI is InChI=1S/C20H20ClN5O3.C2H6/c1-12-11-23-18-17(22-6-9-26(12)18)24-14-2-3-15(16(21)10-14)19(27)25-7-4-13(5-8-25)20(28)29;1-2/h2-3,6,9-11,13H,4-5,7-8H2,1H3,(H,22,24)(H,28,29);1-2H3. The average molecular weight is 444 g/mol. The van der Waals surface area contributed by atoms with E-state index in [1.807, 2.05) is 31.4 Å². The van der Waals surface area contributed by atoms with Crippen LogP contribution in [0.2, 0.25) is 5.02 Å². The van der Waals surface area contributed by atoms with Crippen LogP contribution in [0.25, 0.3) is 5.65 Å². The summed E-state index contributed by atoms with van der Waals surface area (Å²) in [6.07, 6.45) is 6.20. The van der Waals surface area contributed by atoms with E-state index in [0.717, 1.165) is 5.69 Å². The van der Waals surface area contributed by atoms with Crippen molar-refractivity contribution in [3.63, 3.8) is 0 Å². The molecular weight excluding hydrogens is 418 g/mol. The number of aryl methyl sites for hydroxylation is 1. The summed E-state index contributed by atoms with van der Waals surface area (Å²) in [4.78, 5) is 34.2. The van der Waals surface area contributed by atoms with Crippen LogP contribution in [0.5, 0.6) is 0 Å². The summed E-state index contributed by atoms with van der Waals surface area (Å²) in [6.45, 7) is 6.79. The lowest BCUT2D eigenvalue weighted by Gasteiger charge is -2.30. The van der Waals surface area contributed by atoms with Gasteiger partial charge in [-0.2, -0.15) is 0 Å². The van der Waals surface area contributed by atoms with E-state index < -0.39 is 5.97 Å². The molecule has 0 aliphatic carbocycles. The highest BCUT2D eigenvalue weighted by molar-refractivity contribution is 6.34. The van der Waals surface area contributed by atoms with E-state index in [1.54, 1.807) is 35.5 Å². The largest absolute Gasteiger partial charge is 0.481 e. The SMILES string of the molecule is CC.Cc1cnc2c(Nc3ccc(C(=O)N4CCC(C(=O)O)CC4)c(Cl)c3)nccn12. The molecule has 1 saturated heterocycles. The number of imidazole rings is 1. The number of anilines is 2. The molecular formula is C22H26ClN5O3. The molecule has 3 heterocycles. The van der Waals surface area contributed by atoms with Gasteiger partial charge in [-0.15, -0.1) is 0 Å². The van der Waals surface area contributed by atoms with Gasteiger partial charge in [0.2, 0.25) is 0 Å². The summed E-state index contributed by atoms with van der Waals surface area (Å²) in [5.41, 5.74) is 2.78.